The second-order valence-electron chi connectivity index (χ2n) is 19.5. The van der Waals surface area contributed by atoms with Gasteiger partial charge in [-0.2, -0.15) is 0 Å². The fraction of sp³-hybridized carbons (Fsp3) is 0.358. The molecule has 79 heavy (non-hydrogen) atoms. The fourth-order valence-corrected chi connectivity index (χ4v) is 19.9. The highest BCUT2D eigenvalue weighted by Gasteiger charge is 2.85. The lowest BCUT2D eigenvalue weighted by atomic mass is 9.70. The number of fused-ring (bicyclic) bond motifs is 12. The van der Waals surface area contributed by atoms with E-state index in [2.05, 4.69) is 20.6 Å². The molecule has 4 aromatic carbocycles. The highest BCUT2D eigenvalue weighted by molar-refractivity contribution is 8.78. The topological polar surface area (TPSA) is 189 Å². The van der Waals surface area contributed by atoms with Crippen molar-refractivity contribution in [3.63, 3.8) is 0 Å². The summed E-state index contributed by atoms with van der Waals surface area (Å²) in [7, 11) is 8.69. The molecule has 16 nitrogen and oxygen atoms in total. The van der Waals surface area contributed by atoms with Crippen LogP contribution in [0.15, 0.2) is 109 Å². The van der Waals surface area contributed by atoms with Crippen LogP contribution in [0.25, 0.3) is 21.8 Å². The first-order valence-corrected chi connectivity index (χ1v) is 31.8. The minimum atomic E-state index is -1.41. The van der Waals surface area contributed by atoms with Crippen LogP contribution in [0.4, 0.5) is 11.4 Å². The normalized spacial score (nSPS) is 31.3. The average Bonchev–Trinajstić information content (AvgIpc) is 4.21. The van der Waals surface area contributed by atoms with Gasteiger partial charge in [0.15, 0.2) is 21.9 Å². The van der Waals surface area contributed by atoms with E-state index in [4.69, 9.17) is 79.1 Å². The third-order valence-electron chi connectivity index (χ3n) is 16.0. The number of likely N-dealkylation sites (N-methyl/N-ethyl adjacent to an activating group) is 2. The molecule has 16 rings (SSSR count). The number of hydrogen-bond donors (Lipinski definition) is 4. The van der Waals surface area contributed by atoms with Crippen molar-refractivity contribution in [3.05, 3.63) is 132 Å². The number of anilines is 2. The van der Waals surface area contributed by atoms with Gasteiger partial charge in [-0.3, -0.25) is 38.6 Å². The van der Waals surface area contributed by atoms with Crippen molar-refractivity contribution in [1.29, 1.82) is 0 Å². The van der Waals surface area contributed by atoms with Gasteiger partial charge in [0, 0.05) is 73.5 Å². The zero-order valence-corrected chi connectivity index (χ0v) is 50.6. The van der Waals surface area contributed by atoms with Crippen LogP contribution in [-0.4, -0.2) is 139 Å². The molecule has 4 N–H and O–H groups in total. The number of rotatable bonds is 4. The van der Waals surface area contributed by atoms with E-state index in [9.17, 15) is 28.8 Å². The molecule has 0 saturated carbocycles. The summed E-state index contributed by atoms with van der Waals surface area (Å²) in [6.07, 6.45) is 0.681. The fourth-order valence-electron chi connectivity index (χ4n) is 12.8. The van der Waals surface area contributed by atoms with Gasteiger partial charge in [0.2, 0.25) is 9.74 Å². The Hall–Kier alpha value is -4.48. The molecule has 12 heterocycles. The number of amides is 4. The van der Waals surface area contributed by atoms with E-state index in [1.165, 1.54) is 66.8 Å². The van der Waals surface area contributed by atoms with E-state index >= 15 is 0 Å². The maximum absolute atomic E-state index is 14.2. The van der Waals surface area contributed by atoms with Gasteiger partial charge in [-0.05, 0) is 82.0 Å². The van der Waals surface area contributed by atoms with Gasteiger partial charge in [0.05, 0.1) is 16.0 Å². The van der Waals surface area contributed by atoms with E-state index in [0.29, 0.717) is 0 Å². The number of ether oxygens (including phenoxy) is 2. The van der Waals surface area contributed by atoms with Crippen LogP contribution in [0.1, 0.15) is 49.9 Å². The maximum Gasteiger partial charge on any atom is 0.303 e. The number of alkyl halides is 6. The average molecular weight is 1270 g/mol. The number of benzene rings is 4. The molecular formula is C53H50Cl6N8O8S4. The summed E-state index contributed by atoms with van der Waals surface area (Å²) in [6, 6.07) is 31.5. The van der Waals surface area contributed by atoms with Gasteiger partial charge in [-0.25, -0.2) is 0 Å². The van der Waals surface area contributed by atoms with Crippen LogP contribution in [0, 0.1) is 0 Å². The van der Waals surface area contributed by atoms with Crippen molar-refractivity contribution in [2.45, 2.75) is 82.5 Å². The number of piperazine rings is 2. The molecule has 6 aromatic rings. The summed E-state index contributed by atoms with van der Waals surface area (Å²) in [5.74, 6) is -1.81. The predicted octanol–water partition coefficient (Wildman–Crippen LogP) is 10.8. The van der Waals surface area contributed by atoms with Gasteiger partial charge in [0.25, 0.3) is 23.6 Å². The molecule has 0 radical (unpaired) electrons. The number of carbonyl (C=O) groups excluding carboxylic acids is 6. The summed E-state index contributed by atoms with van der Waals surface area (Å²) in [6.45, 7) is 6.27. The number of aromatic nitrogens is 2. The van der Waals surface area contributed by atoms with Crippen LogP contribution in [0.3, 0.4) is 0 Å². The van der Waals surface area contributed by atoms with Gasteiger partial charge >= 0.3 is 11.9 Å². The minimum absolute atomic E-state index is 0.174. The van der Waals surface area contributed by atoms with Crippen molar-refractivity contribution in [2.75, 3.05) is 40.7 Å². The number of halogens is 6. The molecule has 8 saturated heterocycles. The number of esters is 2. The number of H-pyrrole nitrogens is 2. The summed E-state index contributed by atoms with van der Waals surface area (Å²) in [5.41, 5.74) is 5.09. The quantitative estimate of drug-likeness (QED) is 0.0741. The monoisotopic (exact) mass is 1260 g/mol. The third-order valence-corrected chi connectivity index (χ3v) is 23.4. The Labute approximate surface area is 500 Å². The Morgan fingerprint density at radius 2 is 0.835 bits per heavy atom. The number of carbonyl (C=O) groups is 6. The SMILES string of the molecule is CC(=O)O[C@@H]1[C@@]2(c3c[nH]c4ccccc34)c3ccccc3N[C@H]2N2C(=O)[C@@]3(C)SS[C@@]12C(=O)N3C.CC(=O)O[C@H]1[C@]2(c3c[nH]c4ccccc34)c3ccccc3N[C@@H]2N2C(=O)[C@]3(C)SS[C@]12C(=O)N3C.ClCCl.ClCCl.ClCCl. The van der Waals surface area contributed by atoms with Gasteiger partial charge in [-0.15, -0.1) is 69.6 Å². The lowest BCUT2D eigenvalue weighted by Gasteiger charge is -2.58. The second kappa shape index (κ2) is 21.4. The van der Waals surface area contributed by atoms with Gasteiger partial charge in [0.1, 0.15) is 23.2 Å². The van der Waals surface area contributed by atoms with E-state index < -0.39 is 66.8 Å². The van der Waals surface area contributed by atoms with Gasteiger partial charge < -0.3 is 39.9 Å². The zero-order valence-electron chi connectivity index (χ0n) is 42.8. The van der Waals surface area contributed by atoms with E-state index in [1.807, 2.05) is 109 Å². The molecule has 10 aliphatic rings. The third kappa shape index (κ3) is 7.80. The largest absolute Gasteiger partial charge is 0.457 e. The first-order chi connectivity index (χ1) is 37.8. The van der Waals surface area contributed by atoms with Crippen molar-refractivity contribution < 1.29 is 38.2 Å². The van der Waals surface area contributed by atoms with E-state index in [0.717, 1.165) is 55.4 Å². The van der Waals surface area contributed by atoms with E-state index in [-0.39, 0.29) is 39.6 Å². The van der Waals surface area contributed by atoms with Crippen molar-refractivity contribution in [3.8, 4) is 0 Å². The molecule has 8 fully saturated rings. The van der Waals surface area contributed by atoms with Crippen LogP contribution in [0.2, 0.25) is 0 Å². The number of hydrogen-bond acceptors (Lipinski definition) is 14. The first kappa shape index (κ1) is 57.7. The summed E-state index contributed by atoms with van der Waals surface area (Å²) < 4.78 is 12.4. The Morgan fingerprint density at radius 1 is 0.506 bits per heavy atom. The number of para-hydroxylation sites is 4. The molecule has 4 amide bonds. The Kier molecular flexibility index (Phi) is 15.6. The van der Waals surface area contributed by atoms with Crippen LogP contribution < -0.4 is 10.6 Å². The highest BCUT2D eigenvalue weighted by Crippen LogP contribution is 2.72. The first-order valence-electron chi connectivity index (χ1n) is 24.3. The minimum Gasteiger partial charge on any atom is -0.457 e. The summed E-state index contributed by atoms with van der Waals surface area (Å²) in [4.78, 5) is 90.0. The lowest BCUT2D eigenvalue weighted by molar-refractivity contribution is -0.171. The highest BCUT2D eigenvalue weighted by atomic mass is 35.5. The predicted molar refractivity (Wildman–Crippen MR) is 319 cm³/mol. The molecule has 26 heteroatoms. The van der Waals surface area contributed by atoms with E-state index in [1.54, 1.807) is 37.7 Å². The Bertz CT molecular complexity index is 3250. The molecule has 10 atom stereocenters. The van der Waals surface area contributed by atoms with Crippen molar-refractivity contribution >= 4 is 182 Å². The van der Waals surface area contributed by atoms with Crippen molar-refractivity contribution in [1.82, 2.24) is 29.6 Å². The molecule has 2 spiro atoms. The van der Waals surface area contributed by atoms with Crippen LogP contribution in [0.5, 0.6) is 0 Å². The molecule has 10 aliphatic heterocycles. The maximum atomic E-state index is 14.2. The molecular weight excluding hydrogens is 1220 g/mol. The van der Waals surface area contributed by atoms with Gasteiger partial charge in [-0.1, -0.05) is 94.4 Å². The Morgan fingerprint density at radius 3 is 1.19 bits per heavy atom. The van der Waals surface area contributed by atoms with Crippen LogP contribution >= 0.6 is 113 Å². The molecule has 416 valence electrons. The number of aromatic amines is 2. The molecule has 4 bridgehead atoms. The summed E-state index contributed by atoms with van der Waals surface area (Å²) in [5, 5.41) is 9.62. The second-order valence-corrected chi connectivity index (χ2v) is 27.4. The molecule has 0 aliphatic carbocycles. The zero-order chi connectivity index (χ0) is 56.8. The van der Waals surface area contributed by atoms with Crippen molar-refractivity contribution in [2.24, 2.45) is 0 Å². The molecule has 2 aromatic heterocycles. The molecule has 0 unspecified atom stereocenters. The van der Waals surface area contributed by atoms with Crippen LogP contribution in [-0.2, 0) is 49.1 Å². The number of nitrogens with zero attached hydrogens (tertiary/aromatic N) is 4. The standard InChI is InChI=1S/2C25H22N4O4S2.3CH2Cl2/c2*1-13(30)33-19-24(16-12-26-17-10-6-4-8-14(16)17)15-9-5-7-11-18(15)27-20(24)29-21(31)23(2)28(3)22(32)25(19,29)35-34-23;3*2-1-3/h2*4-12,19-20,26-27H,1-3H3;3*1H2/t2*19-,20+,23-,24+,25-;;;/m10.../s1. The smallest absolute Gasteiger partial charge is 0.303 e. The summed E-state index contributed by atoms with van der Waals surface area (Å²) >= 11 is 28.6. The Balaban J connectivity index is 0.000000155. The number of nitrogens with one attached hydrogen (secondary N) is 4. The lowest BCUT2D eigenvalue weighted by Crippen LogP contribution is -2.77.